The zero-order valence-electron chi connectivity index (χ0n) is 31.3. The van der Waals surface area contributed by atoms with Crippen LogP contribution >= 0.6 is 0 Å². The van der Waals surface area contributed by atoms with E-state index in [-0.39, 0.29) is 49.1 Å². The third-order valence-corrected chi connectivity index (χ3v) is 10.4. The lowest BCUT2D eigenvalue weighted by molar-refractivity contribution is -0.136. The number of amides is 3. The number of hydrogen-bond acceptors (Lipinski definition) is 7. The van der Waals surface area contributed by atoms with Crippen LogP contribution in [0.1, 0.15) is 77.1 Å². The van der Waals surface area contributed by atoms with Crippen LogP contribution in [0.2, 0.25) is 0 Å². The van der Waals surface area contributed by atoms with Crippen molar-refractivity contribution < 1.29 is 28.6 Å². The number of H-pyrrole nitrogens is 2. The van der Waals surface area contributed by atoms with Gasteiger partial charge < -0.3 is 34.9 Å². The molecule has 0 saturated carbocycles. The number of likely N-dealkylation sites (tertiary alicyclic amines) is 2. The van der Waals surface area contributed by atoms with Crippen molar-refractivity contribution in [3.8, 4) is 33.6 Å². The van der Waals surface area contributed by atoms with Gasteiger partial charge in [0.05, 0.1) is 55.2 Å². The molecule has 0 radical (unpaired) electrons. The van der Waals surface area contributed by atoms with E-state index in [4.69, 9.17) is 9.72 Å². The van der Waals surface area contributed by atoms with Crippen LogP contribution in [0, 0.1) is 11.8 Å². The molecule has 2 saturated heterocycles. The summed E-state index contributed by atoms with van der Waals surface area (Å²) >= 11 is 0. The van der Waals surface area contributed by atoms with Gasteiger partial charge >= 0.3 is 6.09 Å². The Morgan fingerprint density at radius 1 is 0.778 bits per heavy atom. The van der Waals surface area contributed by atoms with E-state index in [9.17, 15) is 23.9 Å². The van der Waals surface area contributed by atoms with Crippen LogP contribution in [-0.2, 0) is 14.3 Å². The minimum absolute atomic E-state index is 0.00195. The van der Waals surface area contributed by atoms with E-state index in [1.54, 1.807) is 11.1 Å². The van der Waals surface area contributed by atoms with E-state index in [0.29, 0.717) is 18.9 Å². The SMILES string of the molecule is CC(C)[C@H](NCOCCF)C(=O)N1CCC[C@H]1c1ncc(-c2ccc(-c3ccc(-c4cnc([C@@H]5CCCN5C(=O)[C@@H](NC(=O)O)C(C)C)[nH]4)cc3)cc2)[nH]1. The molecule has 0 aliphatic carbocycles. The van der Waals surface area contributed by atoms with Gasteiger partial charge in [0.2, 0.25) is 11.8 Å². The van der Waals surface area contributed by atoms with Gasteiger partial charge in [-0.25, -0.2) is 19.2 Å². The van der Waals surface area contributed by atoms with E-state index in [0.717, 1.165) is 65.1 Å². The third kappa shape index (κ3) is 8.65. The second kappa shape index (κ2) is 17.4. The first kappa shape index (κ1) is 38.6. The maximum atomic E-state index is 13.6. The first-order chi connectivity index (χ1) is 26.0. The average molecular weight is 743 g/mol. The molecule has 4 aromatic rings. The Kier molecular flexibility index (Phi) is 12.4. The summed E-state index contributed by atoms with van der Waals surface area (Å²) in [4.78, 5) is 58.1. The van der Waals surface area contributed by atoms with Crippen molar-refractivity contribution in [2.75, 3.05) is 33.1 Å². The second-order valence-corrected chi connectivity index (χ2v) is 14.7. The number of nitrogens with one attached hydrogen (secondary N) is 4. The maximum Gasteiger partial charge on any atom is 0.405 e. The molecule has 0 spiro atoms. The van der Waals surface area contributed by atoms with Crippen molar-refractivity contribution in [1.29, 1.82) is 0 Å². The number of aromatic amines is 2. The lowest BCUT2D eigenvalue weighted by Crippen LogP contribution is -2.50. The lowest BCUT2D eigenvalue weighted by atomic mass is 10.0. The number of aromatic nitrogens is 4. The number of carbonyl (C=O) groups excluding carboxylic acids is 2. The van der Waals surface area contributed by atoms with Crippen molar-refractivity contribution in [3.63, 3.8) is 0 Å². The molecule has 4 atom stereocenters. The van der Waals surface area contributed by atoms with E-state index >= 15 is 0 Å². The second-order valence-electron chi connectivity index (χ2n) is 14.7. The van der Waals surface area contributed by atoms with Crippen molar-refractivity contribution >= 4 is 17.9 Å². The highest BCUT2D eigenvalue weighted by atomic mass is 19.1. The molecule has 288 valence electrons. The molecular formula is C40H51FN8O5. The molecule has 5 N–H and O–H groups in total. The maximum absolute atomic E-state index is 13.6. The monoisotopic (exact) mass is 742 g/mol. The number of rotatable bonds is 15. The minimum Gasteiger partial charge on any atom is -0.465 e. The number of benzene rings is 2. The molecule has 4 heterocycles. The molecule has 6 rings (SSSR count). The number of alkyl halides is 1. The molecule has 54 heavy (non-hydrogen) atoms. The Balaban J connectivity index is 1.09. The van der Waals surface area contributed by atoms with Crippen molar-refractivity contribution in [3.05, 3.63) is 72.6 Å². The number of carbonyl (C=O) groups is 3. The third-order valence-electron chi connectivity index (χ3n) is 10.4. The first-order valence-electron chi connectivity index (χ1n) is 18.8. The zero-order chi connectivity index (χ0) is 38.4. The Hall–Kier alpha value is -5.08. The van der Waals surface area contributed by atoms with Gasteiger partial charge in [0.15, 0.2) is 0 Å². The summed E-state index contributed by atoms with van der Waals surface area (Å²) in [5.74, 6) is 1.07. The molecule has 0 unspecified atom stereocenters. The average Bonchev–Trinajstić information content (AvgIpc) is 4.00. The van der Waals surface area contributed by atoms with Crippen LogP contribution in [0.5, 0.6) is 0 Å². The summed E-state index contributed by atoms with van der Waals surface area (Å²) in [7, 11) is 0. The van der Waals surface area contributed by atoms with Crippen LogP contribution in [0.25, 0.3) is 33.6 Å². The normalized spacial score (nSPS) is 18.4. The van der Waals surface area contributed by atoms with E-state index in [1.165, 1.54) is 0 Å². The fourth-order valence-electron chi connectivity index (χ4n) is 7.51. The molecule has 2 aliphatic heterocycles. The highest BCUT2D eigenvalue weighted by Crippen LogP contribution is 2.35. The van der Waals surface area contributed by atoms with Gasteiger partial charge in [0.1, 0.15) is 24.4 Å². The highest BCUT2D eigenvalue weighted by Gasteiger charge is 2.38. The lowest BCUT2D eigenvalue weighted by Gasteiger charge is -2.30. The first-order valence-corrected chi connectivity index (χ1v) is 18.8. The predicted molar refractivity (Wildman–Crippen MR) is 203 cm³/mol. The minimum atomic E-state index is -1.21. The van der Waals surface area contributed by atoms with E-state index in [2.05, 4.69) is 62.0 Å². The van der Waals surface area contributed by atoms with Gasteiger partial charge in [-0.3, -0.25) is 14.9 Å². The molecule has 3 amide bonds. The van der Waals surface area contributed by atoms with E-state index in [1.807, 2.05) is 50.9 Å². The van der Waals surface area contributed by atoms with Gasteiger partial charge in [-0.15, -0.1) is 0 Å². The van der Waals surface area contributed by atoms with Gasteiger partial charge in [-0.1, -0.05) is 76.2 Å². The molecule has 14 heteroatoms. The Bertz CT molecular complexity index is 1880. The van der Waals surface area contributed by atoms with Crippen molar-refractivity contribution in [2.24, 2.45) is 11.8 Å². The number of carboxylic acid groups (broad SMARTS) is 1. The zero-order valence-corrected chi connectivity index (χ0v) is 31.3. The van der Waals surface area contributed by atoms with Crippen molar-refractivity contribution in [1.82, 2.24) is 40.4 Å². The summed E-state index contributed by atoms with van der Waals surface area (Å²) in [5, 5.41) is 14.8. The topological polar surface area (TPSA) is 169 Å². The predicted octanol–water partition coefficient (Wildman–Crippen LogP) is 6.31. The van der Waals surface area contributed by atoms with Crippen LogP contribution < -0.4 is 10.6 Å². The summed E-state index contributed by atoms with van der Waals surface area (Å²) in [6.45, 7) is 8.39. The Labute approximate surface area is 315 Å². The molecule has 2 aromatic heterocycles. The van der Waals surface area contributed by atoms with E-state index < -0.39 is 24.9 Å². The summed E-state index contributed by atoms with van der Waals surface area (Å²) in [5.41, 5.74) is 5.77. The number of hydrogen-bond donors (Lipinski definition) is 5. The van der Waals surface area contributed by atoms with Gasteiger partial charge in [-0.2, -0.15) is 0 Å². The molecule has 2 aliphatic rings. The van der Waals surface area contributed by atoms with Gasteiger partial charge in [0.25, 0.3) is 0 Å². The number of imidazole rings is 2. The molecule has 0 bridgehead atoms. The van der Waals surface area contributed by atoms with Crippen LogP contribution in [-0.4, -0.2) is 97.9 Å². The number of nitrogens with zero attached hydrogens (tertiary/aromatic N) is 4. The largest absolute Gasteiger partial charge is 0.465 e. The fraction of sp³-hybridized carbons (Fsp3) is 0.475. The fourth-order valence-corrected chi connectivity index (χ4v) is 7.51. The number of ether oxygens (including phenoxy) is 1. The molecular weight excluding hydrogens is 691 g/mol. The van der Waals surface area contributed by atoms with Gasteiger partial charge in [0, 0.05) is 13.1 Å². The molecule has 2 fully saturated rings. The summed E-state index contributed by atoms with van der Waals surface area (Å²) in [6.07, 6.45) is 5.66. The number of halogens is 1. The molecule has 13 nitrogen and oxygen atoms in total. The Morgan fingerprint density at radius 3 is 1.65 bits per heavy atom. The summed E-state index contributed by atoms with van der Waals surface area (Å²) < 4.78 is 17.7. The standard InChI is InChI=1S/C40H51FN8O5/c1-24(2)34(44-23-54-20-17-41)38(50)48-18-5-7-32(48)36-42-21-30(45-36)28-13-9-26(10-14-28)27-11-15-29(16-12-27)31-22-43-37(46-31)33-8-6-19-49(33)39(51)35(25(3)4)47-40(52)53/h9-16,21-22,24-25,32-35,44,47H,5-8,17-20,23H2,1-4H3,(H,42,45)(H,43,46)(H,52,53)/t32-,33-,34-,35-/m0/s1. The van der Waals surface area contributed by atoms with Crippen molar-refractivity contribution in [2.45, 2.75) is 77.5 Å². The quantitative estimate of drug-likeness (QED) is 0.0698. The highest BCUT2D eigenvalue weighted by molar-refractivity contribution is 5.86. The molecule has 2 aromatic carbocycles. The smallest absolute Gasteiger partial charge is 0.405 e. The van der Waals surface area contributed by atoms with Gasteiger partial charge in [-0.05, 0) is 59.8 Å². The Morgan fingerprint density at radius 2 is 1.22 bits per heavy atom. The van der Waals surface area contributed by atoms with Crippen LogP contribution in [0.4, 0.5) is 9.18 Å². The van der Waals surface area contributed by atoms with Crippen LogP contribution in [0.3, 0.4) is 0 Å². The van der Waals surface area contributed by atoms with Crippen LogP contribution in [0.15, 0.2) is 60.9 Å². The summed E-state index contributed by atoms with van der Waals surface area (Å²) in [6, 6.07) is 14.8.